The minimum atomic E-state index is 0.579. The number of aryl methyl sites for hydroxylation is 2. The summed E-state index contributed by atoms with van der Waals surface area (Å²) in [5, 5.41) is 9.05. The number of hydrogen-bond acceptors (Lipinski definition) is 6. The van der Waals surface area contributed by atoms with Crippen LogP contribution >= 0.6 is 11.8 Å². The Bertz CT molecular complexity index is 493. The van der Waals surface area contributed by atoms with E-state index in [0.29, 0.717) is 6.54 Å². The van der Waals surface area contributed by atoms with Crippen molar-refractivity contribution in [2.45, 2.75) is 31.3 Å². The predicted molar refractivity (Wildman–Crippen MR) is 64.6 cm³/mol. The zero-order valence-electron chi connectivity index (χ0n) is 9.88. The fourth-order valence-electron chi connectivity index (χ4n) is 1.45. The summed E-state index contributed by atoms with van der Waals surface area (Å²) < 4.78 is 7.16. The highest BCUT2D eigenvalue weighted by Crippen LogP contribution is 2.22. The Morgan fingerprint density at radius 2 is 2.24 bits per heavy atom. The highest BCUT2D eigenvalue weighted by molar-refractivity contribution is 7.98. The summed E-state index contributed by atoms with van der Waals surface area (Å²) >= 11 is 1.59. The predicted octanol–water partition coefficient (Wildman–Crippen LogP) is 1.13. The van der Waals surface area contributed by atoms with E-state index in [9.17, 15) is 0 Å². The Kier molecular flexibility index (Phi) is 3.80. The largest absolute Gasteiger partial charge is 0.448 e. The summed E-state index contributed by atoms with van der Waals surface area (Å²) in [6.45, 7) is 5.14. The lowest BCUT2D eigenvalue weighted by molar-refractivity contribution is 0.525. The highest BCUT2D eigenvalue weighted by atomic mass is 32.2. The summed E-state index contributed by atoms with van der Waals surface area (Å²) in [4.78, 5) is 4.14. The number of nitrogens with two attached hydrogens (primary N) is 1. The van der Waals surface area contributed by atoms with Gasteiger partial charge in [-0.25, -0.2) is 4.98 Å². The van der Waals surface area contributed by atoms with Gasteiger partial charge in [0.15, 0.2) is 11.6 Å². The van der Waals surface area contributed by atoms with Crippen molar-refractivity contribution in [3.8, 4) is 0 Å². The average Bonchev–Trinajstić information content (AvgIpc) is 2.86. The van der Waals surface area contributed by atoms with Gasteiger partial charge in [0.2, 0.25) is 0 Å². The van der Waals surface area contributed by atoms with E-state index >= 15 is 0 Å². The molecule has 0 amide bonds. The summed E-state index contributed by atoms with van der Waals surface area (Å²) in [6.07, 6.45) is 1.46. The van der Waals surface area contributed by atoms with Crippen LogP contribution in [0.2, 0.25) is 0 Å². The van der Waals surface area contributed by atoms with E-state index < -0.39 is 0 Å². The van der Waals surface area contributed by atoms with Crippen LogP contribution in [-0.2, 0) is 12.3 Å². The molecule has 17 heavy (non-hydrogen) atoms. The summed E-state index contributed by atoms with van der Waals surface area (Å²) in [7, 11) is 0. The summed E-state index contributed by atoms with van der Waals surface area (Å²) in [6, 6.07) is 0. The van der Waals surface area contributed by atoms with Crippen molar-refractivity contribution in [3.63, 3.8) is 0 Å². The van der Waals surface area contributed by atoms with Crippen LogP contribution < -0.4 is 5.73 Å². The number of hydrogen-bond donors (Lipinski definition) is 1. The lowest BCUT2D eigenvalue weighted by Crippen LogP contribution is -2.12. The Balaban J connectivity index is 2.06. The molecule has 0 unspecified atom stereocenters. The minimum Gasteiger partial charge on any atom is -0.448 e. The van der Waals surface area contributed by atoms with Crippen LogP contribution in [0.3, 0.4) is 0 Å². The average molecular weight is 253 g/mol. The molecule has 0 bridgehead atoms. The van der Waals surface area contributed by atoms with E-state index in [0.717, 1.165) is 34.7 Å². The Morgan fingerprint density at radius 3 is 2.88 bits per heavy atom. The van der Waals surface area contributed by atoms with Gasteiger partial charge in [-0.1, -0.05) is 11.8 Å². The van der Waals surface area contributed by atoms with Gasteiger partial charge in [-0.2, -0.15) is 0 Å². The molecule has 0 saturated heterocycles. The Hall–Kier alpha value is -1.34. The molecule has 0 radical (unpaired) electrons. The zero-order valence-corrected chi connectivity index (χ0v) is 10.7. The molecule has 6 nitrogen and oxygen atoms in total. The van der Waals surface area contributed by atoms with Crippen molar-refractivity contribution in [3.05, 3.63) is 23.7 Å². The van der Waals surface area contributed by atoms with Gasteiger partial charge in [0.25, 0.3) is 0 Å². The van der Waals surface area contributed by atoms with Crippen molar-refractivity contribution < 1.29 is 4.42 Å². The van der Waals surface area contributed by atoms with Gasteiger partial charge < -0.3 is 14.7 Å². The Labute approximate surface area is 104 Å². The Morgan fingerprint density at radius 1 is 1.41 bits per heavy atom. The van der Waals surface area contributed by atoms with Crippen LogP contribution in [-0.4, -0.2) is 26.3 Å². The molecule has 0 spiro atoms. The van der Waals surface area contributed by atoms with Crippen molar-refractivity contribution in [1.82, 2.24) is 19.7 Å². The molecule has 0 atom stereocenters. The zero-order chi connectivity index (χ0) is 12.3. The van der Waals surface area contributed by atoms with Gasteiger partial charge in [-0.3, -0.25) is 0 Å². The van der Waals surface area contributed by atoms with Gasteiger partial charge in [0.1, 0.15) is 11.6 Å². The van der Waals surface area contributed by atoms with E-state index in [-0.39, 0.29) is 0 Å². The fraction of sp³-hybridized carbons (Fsp3) is 0.500. The molecule has 0 saturated carbocycles. The third kappa shape index (κ3) is 2.67. The lowest BCUT2D eigenvalue weighted by Gasteiger charge is -2.05. The third-order valence-corrected chi connectivity index (χ3v) is 3.41. The smallest absolute Gasteiger partial charge is 0.191 e. The molecule has 0 aromatic carbocycles. The molecule has 2 rings (SSSR count). The monoisotopic (exact) mass is 253 g/mol. The SMILES string of the molecule is Cc1ocnc1CSc1nnc(C)n1CCN. The van der Waals surface area contributed by atoms with E-state index in [1.165, 1.54) is 6.39 Å². The van der Waals surface area contributed by atoms with Crippen molar-refractivity contribution in [2.24, 2.45) is 5.73 Å². The molecule has 2 aromatic heterocycles. The molecule has 0 fully saturated rings. The molecule has 2 N–H and O–H groups in total. The van der Waals surface area contributed by atoms with Crippen molar-refractivity contribution in [1.29, 1.82) is 0 Å². The van der Waals surface area contributed by atoms with Crippen LogP contribution in [0, 0.1) is 13.8 Å². The maximum atomic E-state index is 5.56. The van der Waals surface area contributed by atoms with Crippen LogP contribution in [0.4, 0.5) is 0 Å². The second kappa shape index (κ2) is 5.33. The van der Waals surface area contributed by atoms with Gasteiger partial charge in [0, 0.05) is 18.8 Å². The van der Waals surface area contributed by atoms with Gasteiger partial charge in [-0.15, -0.1) is 10.2 Å². The van der Waals surface area contributed by atoms with E-state index in [1.807, 2.05) is 18.4 Å². The molecule has 0 aliphatic rings. The van der Waals surface area contributed by atoms with Crippen LogP contribution in [0.15, 0.2) is 16.0 Å². The van der Waals surface area contributed by atoms with Crippen LogP contribution in [0.1, 0.15) is 17.3 Å². The first-order valence-electron chi connectivity index (χ1n) is 5.34. The first-order chi connectivity index (χ1) is 8.22. The molecule has 7 heteroatoms. The van der Waals surface area contributed by atoms with Crippen molar-refractivity contribution >= 4 is 11.8 Å². The first-order valence-corrected chi connectivity index (χ1v) is 6.32. The number of thioether (sulfide) groups is 1. The molecular formula is C10H15N5OS. The van der Waals surface area contributed by atoms with Gasteiger partial charge >= 0.3 is 0 Å². The highest BCUT2D eigenvalue weighted by Gasteiger charge is 2.11. The van der Waals surface area contributed by atoms with E-state index in [2.05, 4.69) is 15.2 Å². The lowest BCUT2D eigenvalue weighted by atomic mass is 10.4. The second-order valence-corrected chi connectivity index (χ2v) is 4.56. The molecule has 2 aromatic rings. The third-order valence-electron chi connectivity index (χ3n) is 2.44. The normalized spacial score (nSPS) is 11.0. The fourth-order valence-corrected chi connectivity index (χ4v) is 2.48. The molecular weight excluding hydrogens is 238 g/mol. The van der Waals surface area contributed by atoms with Gasteiger partial charge in [-0.05, 0) is 13.8 Å². The molecule has 92 valence electrons. The first kappa shape index (κ1) is 12.1. The number of rotatable bonds is 5. The molecule has 0 aliphatic heterocycles. The number of aromatic nitrogens is 4. The minimum absolute atomic E-state index is 0.579. The maximum absolute atomic E-state index is 5.56. The molecule has 0 aliphatic carbocycles. The van der Waals surface area contributed by atoms with E-state index in [4.69, 9.17) is 10.2 Å². The molecule has 2 heterocycles. The number of oxazole rings is 1. The van der Waals surface area contributed by atoms with Crippen LogP contribution in [0.5, 0.6) is 0 Å². The summed E-state index contributed by atoms with van der Waals surface area (Å²) in [5.41, 5.74) is 6.50. The van der Waals surface area contributed by atoms with Gasteiger partial charge in [0.05, 0.1) is 5.69 Å². The second-order valence-electron chi connectivity index (χ2n) is 3.61. The standard InChI is InChI=1S/C10H15N5OS/c1-7-9(12-6-16-7)5-17-10-14-13-8(2)15(10)4-3-11/h6H,3-5,11H2,1-2H3. The maximum Gasteiger partial charge on any atom is 0.191 e. The number of nitrogens with zero attached hydrogens (tertiary/aromatic N) is 4. The topological polar surface area (TPSA) is 82.8 Å². The van der Waals surface area contributed by atoms with Crippen molar-refractivity contribution in [2.75, 3.05) is 6.54 Å². The summed E-state index contributed by atoms with van der Waals surface area (Å²) in [5.74, 6) is 2.46. The van der Waals surface area contributed by atoms with Crippen LogP contribution in [0.25, 0.3) is 0 Å². The van der Waals surface area contributed by atoms with E-state index in [1.54, 1.807) is 11.8 Å². The quantitative estimate of drug-likeness (QED) is 0.804.